The molecule has 7 nitrogen and oxygen atoms in total. The Morgan fingerprint density at radius 1 is 1.28 bits per heavy atom. The van der Waals surface area contributed by atoms with Crippen molar-refractivity contribution in [3.05, 3.63) is 0 Å². The van der Waals surface area contributed by atoms with Gasteiger partial charge in [0.05, 0.1) is 13.2 Å². The summed E-state index contributed by atoms with van der Waals surface area (Å²) in [6.07, 6.45) is 0.821. The van der Waals surface area contributed by atoms with Gasteiger partial charge in [-0.25, -0.2) is 0 Å². The first-order chi connectivity index (χ1) is 8.60. The molecule has 1 saturated heterocycles. The Morgan fingerprint density at radius 2 is 1.89 bits per heavy atom. The van der Waals surface area contributed by atoms with E-state index in [2.05, 4.69) is 10.0 Å². The van der Waals surface area contributed by atoms with Gasteiger partial charge in [-0.1, -0.05) is 0 Å². The van der Waals surface area contributed by atoms with Crippen LogP contribution in [0.3, 0.4) is 0 Å². The summed E-state index contributed by atoms with van der Waals surface area (Å²) < 4.78 is 38.3. The molecule has 1 aliphatic rings. The molecule has 1 heterocycles. The fourth-order valence-electron chi connectivity index (χ4n) is 1.78. The van der Waals surface area contributed by atoms with Crippen molar-refractivity contribution >= 4 is 10.2 Å². The van der Waals surface area contributed by atoms with Crippen LogP contribution in [0.15, 0.2) is 0 Å². The van der Waals surface area contributed by atoms with Crippen molar-refractivity contribution in [2.45, 2.75) is 12.5 Å². The second-order valence-electron chi connectivity index (χ2n) is 4.20. The van der Waals surface area contributed by atoms with Crippen LogP contribution in [0.4, 0.5) is 0 Å². The normalized spacial score (nSPS) is 20.7. The molecule has 2 N–H and O–H groups in total. The molecule has 1 rings (SSSR count). The van der Waals surface area contributed by atoms with Crippen LogP contribution in [0.25, 0.3) is 0 Å². The highest BCUT2D eigenvalue weighted by molar-refractivity contribution is 7.87. The third-order valence-electron chi connectivity index (χ3n) is 2.81. The van der Waals surface area contributed by atoms with Crippen molar-refractivity contribution in [2.24, 2.45) is 0 Å². The molecule has 0 amide bonds. The fraction of sp³-hybridized carbons (Fsp3) is 1.00. The van der Waals surface area contributed by atoms with E-state index in [1.165, 1.54) is 4.31 Å². The number of rotatable bonds is 9. The Kier molecular flexibility index (Phi) is 7.05. The summed E-state index contributed by atoms with van der Waals surface area (Å²) in [5.41, 5.74) is 0. The molecule has 1 fully saturated rings. The van der Waals surface area contributed by atoms with E-state index in [4.69, 9.17) is 9.47 Å². The summed E-state index contributed by atoms with van der Waals surface area (Å²) in [4.78, 5) is 0. The van der Waals surface area contributed by atoms with Gasteiger partial charge in [-0.05, 0) is 13.0 Å². The number of hydrogen-bond donors (Lipinski definition) is 2. The smallest absolute Gasteiger partial charge is 0.279 e. The number of ether oxygens (including phenoxy) is 2. The zero-order valence-electron chi connectivity index (χ0n) is 11.0. The topological polar surface area (TPSA) is 79.9 Å². The van der Waals surface area contributed by atoms with Gasteiger partial charge in [0.25, 0.3) is 10.2 Å². The SMILES string of the molecule is COCCN(CCOC)S(=O)(=O)NC1CCNC1. The highest BCUT2D eigenvalue weighted by Crippen LogP contribution is 2.04. The molecule has 0 aliphatic carbocycles. The first kappa shape index (κ1) is 15.8. The molecule has 18 heavy (non-hydrogen) atoms. The van der Waals surface area contributed by atoms with Gasteiger partial charge in [-0.3, -0.25) is 0 Å². The predicted octanol–water partition coefficient (Wildman–Crippen LogP) is -1.22. The van der Waals surface area contributed by atoms with Crippen molar-refractivity contribution in [2.75, 3.05) is 53.6 Å². The van der Waals surface area contributed by atoms with E-state index in [-0.39, 0.29) is 6.04 Å². The van der Waals surface area contributed by atoms with Crippen LogP contribution >= 0.6 is 0 Å². The zero-order valence-corrected chi connectivity index (χ0v) is 11.8. The molecule has 8 heteroatoms. The van der Waals surface area contributed by atoms with Gasteiger partial charge >= 0.3 is 0 Å². The van der Waals surface area contributed by atoms with E-state index < -0.39 is 10.2 Å². The summed E-state index contributed by atoms with van der Waals surface area (Å²) in [7, 11) is -0.365. The average Bonchev–Trinajstić information content (AvgIpc) is 2.81. The molecule has 1 atom stereocenters. The lowest BCUT2D eigenvalue weighted by molar-refractivity contribution is 0.149. The minimum absolute atomic E-state index is 0.0254. The third-order valence-corrected chi connectivity index (χ3v) is 4.48. The van der Waals surface area contributed by atoms with Crippen molar-refractivity contribution in [3.63, 3.8) is 0 Å². The Hall–Kier alpha value is -0.250. The van der Waals surface area contributed by atoms with Crippen LogP contribution in [-0.2, 0) is 19.7 Å². The predicted molar refractivity (Wildman–Crippen MR) is 68.7 cm³/mol. The minimum atomic E-state index is -3.47. The van der Waals surface area contributed by atoms with Gasteiger partial charge in [0.2, 0.25) is 0 Å². The fourth-order valence-corrected chi connectivity index (χ4v) is 3.18. The Morgan fingerprint density at radius 3 is 2.33 bits per heavy atom. The van der Waals surface area contributed by atoms with E-state index in [1.54, 1.807) is 14.2 Å². The maximum absolute atomic E-state index is 12.2. The van der Waals surface area contributed by atoms with Crippen LogP contribution in [0.1, 0.15) is 6.42 Å². The second kappa shape index (κ2) is 8.03. The van der Waals surface area contributed by atoms with Gasteiger partial charge in [0.1, 0.15) is 0 Å². The van der Waals surface area contributed by atoms with Crippen LogP contribution in [0.2, 0.25) is 0 Å². The number of methoxy groups -OCH3 is 2. The van der Waals surface area contributed by atoms with E-state index >= 15 is 0 Å². The molecule has 1 unspecified atom stereocenters. The quantitative estimate of drug-likeness (QED) is 0.554. The molecule has 0 aromatic heterocycles. The lowest BCUT2D eigenvalue weighted by Gasteiger charge is -2.23. The van der Waals surface area contributed by atoms with E-state index in [9.17, 15) is 8.42 Å². The highest BCUT2D eigenvalue weighted by atomic mass is 32.2. The van der Waals surface area contributed by atoms with Crippen molar-refractivity contribution in [1.82, 2.24) is 14.3 Å². The van der Waals surface area contributed by atoms with Crippen LogP contribution in [0, 0.1) is 0 Å². The van der Waals surface area contributed by atoms with E-state index in [0.29, 0.717) is 32.8 Å². The zero-order chi connectivity index (χ0) is 13.4. The molecule has 0 radical (unpaired) electrons. The molecule has 0 saturated carbocycles. The van der Waals surface area contributed by atoms with Crippen molar-refractivity contribution < 1.29 is 17.9 Å². The van der Waals surface area contributed by atoms with Gasteiger partial charge in [-0.2, -0.15) is 17.4 Å². The summed E-state index contributed by atoms with van der Waals surface area (Å²) in [6, 6.07) is -0.0254. The molecular formula is C10H23N3O4S. The van der Waals surface area contributed by atoms with E-state index in [0.717, 1.165) is 13.0 Å². The molecule has 108 valence electrons. The van der Waals surface area contributed by atoms with Crippen molar-refractivity contribution in [3.8, 4) is 0 Å². The van der Waals surface area contributed by atoms with Gasteiger partial charge in [0, 0.05) is 39.9 Å². The van der Waals surface area contributed by atoms with Crippen LogP contribution in [0.5, 0.6) is 0 Å². The Labute approximate surface area is 109 Å². The molecule has 0 aromatic carbocycles. The van der Waals surface area contributed by atoms with E-state index in [1.807, 2.05) is 0 Å². The molecule has 0 bridgehead atoms. The number of nitrogens with zero attached hydrogens (tertiary/aromatic N) is 1. The van der Waals surface area contributed by atoms with Gasteiger partial charge in [0.15, 0.2) is 0 Å². The van der Waals surface area contributed by atoms with Crippen LogP contribution < -0.4 is 10.0 Å². The molecular weight excluding hydrogens is 258 g/mol. The first-order valence-corrected chi connectivity index (χ1v) is 7.50. The monoisotopic (exact) mass is 281 g/mol. The highest BCUT2D eigenvalue weighted by Gasteiger charge is 2.26. The Bertz CT molecular complexity index is 309. The summed E-state index contributed by atoms with van der Waals surface area (Å²) in [6.45, 7) is 2.93. The lowest BCUT2D eigenvalue weighted by Crippen LogP contribution is -2.48. The van der Waals surface area contributed by atoms with Crippen molar-refractivity contribution in [1.29, 1.82) is 0 Å². The standard InChI is InChI=1S/C10H23N3O4S/c1-16-7-5-13(6-8-17-2)18(14,15)12-10-3-4-11-9-10/h10-12H,3-9H2,1-2H3. The molecule has 0 aromatic rings. The summed E-state index contributed by atoms with van der Waals surface area (Å²) >= 11 is 0. The first-order valence-electron chi connectivity index (χ1n) is 6.06. The maximum atomic E-state index is 12.2. The summed E-state index contributed by atoms with van der Waals surface area (Å²) in [5, 5.41) is 3.13. The maximum Gasteiger partial charge on any atom is 0.279 e. The van der Waals surface area contributed by atoms with Crippen LogP contribution in [-0.4, -0.2) is 72.4 Å². The Balaban J connectivity index is 2.55. The minimum Gasteiger partial charge on any atom is -0.383 e. The second-order valence-corrected chi connectivity index (χ2v) is 5.90. The van der Waals surface area contributed by atoms with Gasteiger partial charge in [-0.15, -0.1) is 0 Å². The molecule has 0 spiro atoms. The summed E-state index contributed by atoms with van der Waals surface area (Å²) in [5.74, 6) is 0. The molecule has 1 aliphatic heterocycles. The largest absolute Gasteiger partial charge is 0.383 e. The van der Waals surface area contributed by atoms with Gasteiger partial charge < -0.3 is 14.8 Å². The third kappa shape index (κ3) is 5.17. The number of hydrogen-bond acceptors (Lipinski definition) is 5. The average molecular weight is 281 g/mol. The number of nitrogens with one attached hydrogen (secondary N) is 2. The lowest BCUT2D eigenvalue weighted by atomic mass is 10.3.